The number of fused-ring (bicyclic) bond motifs is 1. The maximum atomic E-state index is 6.42. The Hall–Kier alpha value is -4.92. The molecule has 0 spiro atoms. The average Bonchev–Trinajstić information content (AvgIpc) is 3.52. The molecule has 1 aromatic heterocycles. The summed E-state index contributed by atoms with van der Waals surface area (Å²) in [5.74, 6) is 0. The Morgan fingerprint density at radius 2 is 1.58 bits per heavy atom. The summed E-state index contributed by atoms with van der Waals surface area (Å²) in [6.07, 6.45) is 18.2. The lowest BCUT2D eigenvalue weighted by molar-refractivity contribution is 0.757. The van der Waals surface area contributed by atoms with E-state index in [9.17, 15) is 0 Å². The van der Waals surface area contributed by atoms with Crippen molar-refractivity contribution >= 4 is 28.6 Å². The maximum Gasteiger partial charge on any atom is 0.0727 e. The topological polar surface area (TPSA) is 26.0 Å². The number of benzene rings is 3. The molecule has 1 unspecified atom stereocenters. The van der Waals surface area contributed by atoms with Crippen LogP contribution in [0.5, 0.6) is 0 Å². The van der Waals surface area contributed by atoms with Crippen molar-refractivity contribution < 1.29 is 0 Å². The van der Waals surface area contributed by atoms with Crippen LogP contribution in [0.4, 0.5) is 0 Å². The molecule has 5 rings (SSSR count). The second-order valence-corrected chi connectivity index (χ2v) is 12.2. The highest BCUT2D eigenvalue weighted by atomic mass is 32.1. The van der Waals surface area contributed by atoms with E-state index in [-0.39, 0.29) is 0 Å². The van der Waals surface area contributed by atoms with Crippen LogP contribution >= 0.6 is 11.3 Å². The first-order chi connectivity index (χ1) is 21.9. The number of nitrogens with two attached hydrogens (primary N) is 1. The van der Waals surface area contributed by atoms with E-state index in [1.165, 1.54) is 37.6 Å². The number of allylic oxidation sites excluding steroid dienone is 10. The van der Waals surface area contributed by atoms with Crippen LogP contribution in [0.2, 0.25) is 0 Å². The summed E-state index contributed by atoms with van der Waals surface area (Å²) in [7, 11) is 0. The molecule has 1 nitrogen and oxygen atoms in total. The minimum Gasteiger partial charge on any atom is -0.404 e. The molecule has 1 aliphatic carbocycles. The lowest BCUT2D eigenvalue weighted by Gasteiger charge is -2.35. The summed E-state index contributed by atoms with van der Waals surface area (Å²) in [6, 6.07) is 26.3. The van der Waals surface area contributed by atoms with Crippen molar-refractivity contribution in [1.29, 1.82) is 0 Å². The van der Waals surface area contributed by atoms with E-state index in [0.717, 1.165) is 39.0 Å². The fourth-order valence-electron chi connectivity index (χ4n) is 6.69. The SMILES string of the molecule is C=C/C=C(/c1cccc(-c2ccc3c(c2)C(/C=C\C)=C(C=C)C3(C(/C=C\C)=C/N)c2ccccc2)c1)c1sc(C=C)c(C)c1C. The number of hydrogen-bond acceptors (Lipinski definition) is 2. The van der Waals surface area contributed by atoms with Gasteiger partial charge in [0.15, 0.2) is 0 Å². The van der Waals surface area contributed by atoms with Crippen molar-refractivity contribution in [3.63, 3.8) is 0 Å². The molecule has 2 N–H and O–H groups in total. The van der Waals surface area contributed by atoms with Crippen LogP contribution in [0.25, 0.3) is 28.3 Å². The third-order valence-corrected chi connectivity index (χ3v) is 10.2. The number of rotatable bonds is 10. The van der Waals surface area contributed by atoms with Gasteiger partial charge in [-0.05, 0) is 113 Å². The molecule has 2 heteroatoms. The Kier molecular flexibility index (Phi) is 9.37. The van der Waals surface area contributed by atoms with Crippen molar-refractivity contribution in [2.45, 2.75) is 33.1 Å². The van der Waals surface area contributed by atoms with E-state index in [0.29, 0.717) is 0 Å². The van der Waals surface area contributed by atoms with Crippen molar-refractivity contribution in [3.8, 4) is 11.1 Å². The van der Waals surface area contributed by atoms with Crippen LogP contribution in [0.1, 0.15) is 57.0 Å². The predicted octanol–water partition coefficient (Wildman–Crippen LogP) is 11.5. The van der Waals surface area contributed by atoms with Crippen molar-refractivity contribution in [2.24, 2.45) is 5.73 Å². The Morgan fingerprint density at radius 3 is 2.20 bits per heavy atom. The van der Waals surface area contributed by atoms with Gasteiger partial charge >= 0.3 is 0 Å². The highest BCUT2D eigenvalue weighted by molar-refractivity contribution is 7.14. The van der Waals surface area contributed by atoms with Gasteiger partial charge in [-0.15, -0.1) is 11.3 Å². The zero-order valence-electron chi connectivity index (χ0n) is 26.7. The molecule has 0 saturated heterocycles. The van der Waals surface area contributed by atoms with Gasteiger partial charge in [0.2, 0.25) is 0 Å². The van der Waals surface area contributed by atoms with Crippen LogP contribution in [0.15, 0.2) is 152 Å². The number of hydrogen-bond donors (Lipinski definition) is 1. The van der Waals surface area contributed by atoms with Crippen LogP contribution in [-0.4, -0.2) is 0 Å². The molecule has 3 aromatic carbocycles. The molecule has 45 heavy (non-hydrogen) atoms. The zero-order chi connectivity index (χ0) is 32.1. The van der Waals surface area contributed by atoms with Gasteiger partial charge in [0, 0.05) is 9.75 Å². The van der Waals surface area contributed by atoms with Gasteiger partial charge in [-0.1, -0.05) is 129 Å². The lowest BCUT2D eigenvalue weighted by atomic mass is 9.66. The molecule has 1 atom stereocenters. The molecule has 0 radical (unpaired) electrons. The molecule has 0 fully saturated rings. The van der Waals surface area contributed by atoms with Gasteiger partial charge in [0.05, 0.1) is 5.41 Å². The molecule has 0 aliphatic heterocycles. The smallest absolute Gasteiger partial charge is 0.0727 e. The van der Waals surface area contributed by atoms with Crippen molar-refractivity contribution in [1.82, 2.24) is 0 Å². The van der Waals surface area contributed by atoms with E-state index in [1.807, 2.05) is 25.2 Å². The zero-order valence-corrected chi connectivity index (χ0v) is 27.5. The maximum absolute atomic E-state index is 6.42. The van der Waals surface area contributed by atoms with Gasteiger partial charge in [0.25, 0.3) is 0 Å². The van der Waals surface area contributed by atoms with Gasteiger partial charge in [-0.3, -0.25) is 0 Å². The second-order valence-electron chi connectivity index (χ2n) is 11.2. The van der Waals surface area contributed by atoms with Gasteiger partial charge in [0.1, 0.15) is 0 Å². The Balaban J connectivity index is 1.75. The highest BCUT2D eigenvalue weighted by Crippen LogP contribution is 2.56. The monoisotopic (exact) mass is 603 g/mol. The van der Waals surface area contributed by atoms with Crippen LogP contribution < -0.4 is 5.73 Å². The summed E-state index contributed by atoms with van der Waals surface area (Å²) in [5, 5.41) is 0. The molecule has 4 aromatic rings. The first-order valence-electron chi connectivity index (χ1n) is 15.3. The summed E-state index contributed by atoms with van der Waals surface area (Å²) in [4.78, 5) is 2.46. The Morgan fingerprint density at radius 1 is 0.822 bits per heavy atom. The number of thiophene rings is 1. The van der Waals surface area contributed by atoms with E-state index < -0.39 is 5.41 Å². The third kappa shape index (κ3) is 5.26. The minimum absolute atomic E-state index is 0.591. The minimum atomic E-state index is -0.591. The third-order valence-electron chi connectivity index (χ3n) is 8.82. The normalized spacial score (nSPS) is 16.9. The van der Waals surface area contributed by atoms with E-state index in [4.69, 9.17) is 5.73 Å². The lowest BCUT2D eigenvalue weighted by Crippen LogP contribution is -2.30. The molecule has 1 heterocycles. The summed E-state index contributed by atoms with van der Waals surface area (Å²) < 4.78 is 0. The molecular weight excluding hydrogens is 563 g/mol. The van der Waals surface area contributed by atoms with Crippen LogP contribution in [0.3, 0.4) is 0 Å². The standard InChI is InChI=1S/C43H41NS/c1-8-17-35(28-44)43(34-22-14-13-15-23-34)39(11-4)37(19-10-3)38-27-32(24-25-40(38)43)31-20-16-21-33(26-31)36(18-9-2)42-30(7)29(6)41(12-5)45-42/h8-28H,2,4-5,44H2,1,3,6-7H3/b17-8-,19-10-,35-28+,36-18-. The fraction of sp³-hybridized carbons (Fsp3) is 0.116. The van der Waals surface area contributed by atoms with Gasteiger partial charge < -0.3 is 5.73 Å². The van der Waals surface area contributed by atoms with E-state index in [1.54, 1.807) is 17.5 Å². The fourth-order valence-corrected chi connectivity index (χ4v) is 7.91. The van der Waals surface area contributed by atoms with E-state index in [2.05, 4.69) is 144 Å². The molecule has 224 valence electrons. The first kappa shape index (κ1) is 31.5. The molecule has 0 amide bonds. The second kappa shape index (κ2) is 13.4. The van der Waals surface area contributed by atoms with Crippen LogP contribution in [-0.2, 0) is 5.41 Å². The van der Waals surface area contributed by atoms with Crippen molar-refractivity contribution in [3.05, 3.63) is 196 Å². The van der Waals surface area contributed by atoms with Gasteiger partial charge in [-0.25, -0.2) is 0 Å². The molecular formula is C43H41NS. The van der Waals surface area contributed by atoms with Crippen molar-refractivity contribution in [2.75, 3.05) is 0 Å². The van der Waals surface area contributed by atoms with Gasteiger partial charge in [-0.2, -0.15) is 0 Å². The first-order valence-corrected chi connectivity index (χ1v) is 16.1. The van der Waals surface area contributed by atoms with E-state index >= 15 is 0 Å². The summed E-state index contributed by atoms with van der Waals surface area (Å²) in [5.41, 5.74) is 19.8. The predicted molar refractivity (Wildman–Crippen MR) is 199 cm³/mol. The highest BCUT2D eigenvalue weighted by Gasteiger charge is 2.46. The summed E-state index contributed by atoms with van der Waals surface area (Å²) in [6.45, 7) is 20.9. The largest absolute Gasteiger partial charge is 0.404 e. The molecule has 1 aliphatic rings. The molecule has 0 saturated carbocycles. The molecule has 0 bridgehead atoms. The quantitative estimate of drug-likeness (QED) is 0.179. The van der Waals surface area contributed by atoms with Crippen LogP contribution in [0, 0.1) is 13.8 Å². The Labute approximate surface area is 273 Å². The summed E-state index contributed by atoms with van der Waals surface area (Å²) >= 11 is 1.78. The average molecular weight is 604 g/mol. The Bertz CT molecular complexity index is 1940.